The van der Waals surface area contributed by atoms with E-state index in [1.165, 1.54) is 6.33 Å². The van der Waals surface area contributed by atoms with Gasteiger partial charge in [0.1, 0.15) is 6.23 Å². The lowest BCUT2D eigenvalue weighted by Gasteiger charge is -2.38. The van der Waals surface area contributed by atoms with Crippen LogP contribution in [0.1, 0.15) is 39.8 Å². The third kappa shape index (κ3) is 5.38. The molecule has 1 amide bonds. The van der Waals surface area contributed by atoms with Gasteiger partial charge in [-0.3, -0.25) is 24.5 Å². The Balaban J connectivity index is 2.00. The minimum Gasteiger partial charge on any atom is -0.394 e. The molecule has 0 radical (unpaired) electrons. The van der Waals surface area contributed by atoms with Gasteiger partial charge in [0.05, 0.1) is 49.9 Å². The molecule has 0 aliphatic carbocycles. The highest BCUT2D eigenvalue weighted by Crippen LogP contribution is 2.67. The fourth-order valence-electron chi connectivity index (χ4n) is 3.71. The van der Waals surface area contributed by atoms with E-state index in [0.29, 0.717) is 0 Å². The van der Waals surface area contributed by atoms with Crippen molar-refractivity contribution in [2.45, 2.75) is 51.1 Å². The number of aromatic nitrogens is 4. The molecule has 2 aromatic rings. The van der Waals surface area contributed by atoms with Gasteiger partial charge in [0.2, 0.25) is 11.9 Å². The summed E-state index contributed by atoms with van der Waals surface area (Å²) in [6.07, 6.45) is 1.88. The maximum absolute atomic E-state index is 12.6. The zero-order valence-corrected chi connectivity index (χ0v) is 21.5. The van der Waals surface area contributed by atoms with Gasteiger partial charge in [0, 0.05) is 12.3 Å². The summed E-state index contributed by atoms with van der Waals surface area (Å²) in [4.78, 5) is 35.7. The van der Waals surface area contributed by atoms with Crippen molar-refractivity contribution in [3.8, 4) is 6.07 Å². The molecule has 2 aromatic heterocycles. The number of aliphatic hydroxyl groups excluding tert-OH is 1. The Hall–Kier alpha value is -2.46. The monoisotopic (exact) mass is 524 g/mol. The van der Waals surface area contributed by atoms with Crippen LogP contribution in [0.25, 0.3) is 11.2 Å². The number of hydrogen-bond acceptors (Lipinski definition) is 10. The third-order valence-electron chi connectivity index (χ3n) is 5.74. The molecule has 1 aliphatic heterocycles. The summed E-state index contributed by atoms with van der Waals surface area (Å²) < 4.78 is 19.6. The maximum atomic E-state index is 12.6. The molecule has 0 bridgehead atoms. The van der Waals surface area contributed by atoms with Crippen LogP contribution < -0.4 is 10.9 Å². The molecule has 35 heavy (non-hydrogen) atoms. The normalized spacial score (nSPS) is 23.8. The number of amides is 1. The lowest BCUT2D eigenvalue weighted by atomic mass is 10.0. The van der Waals surface area contributed by atoms with E-state index in [9.17, 15) is 14.7 Å². The first kappa shape index (κ1) is 27.1. The number of H-pyrrole nitrogens is 1. The van der Waals surface area contributed by atoms with Crippen LogP contribution in [0.4, 0.5) is 5.95 Å². The van der Waals surface area contributed by atoms with E-state index in [2.05, 4.69) is 26.8 Å². The molecule has 1 fully saturated rings. The van der Waals surface area contributed by atoms with Gasteiger partial charge in [0.15, 0.2) is 17.7 Å². The predicted octanol–water partition coefficient (Wildman–Crippen LogP) is 2.19. The summed E-state index contributed by atoms with van der Waals surface area (Å²) >= 11 is 5.86. The van der Waals surface area contributed by atoms with Crippen molar-refractivity contribution in [2.24, 2.45) is 5.92 Å². The van der Waals surface area contributed by atoms with Crippen LogP contribution in [0, 0.1) is 17.2 Å². The molecule has 4 atom stereocenters. The number of imidazole rings is 1. The second kappa shape index (κ2) is 11.1. The molecule has 3 heterocycles. The van der Waals surface area contributed by atoms with Crippen LogP contribution in [-0.2, 0) is 30.4 Å². The van der Waals surface area contributed by atoms with E-state index < -0.39 is 29.5 Å². The van der Waals surface area contributed by atoms with Crippen LogP contribution in [0.3, 0.4) is 0 Å². The zero-order chi connectivity index (χ0) is 25.8. The lowest BCUT2D eigenvalue weighted by molar-refractivity contribution is -0.118. The average molecular weight is 525 g/mol. The average Bonchev–Trinajstić information content (AvgIpc) is 3.39. The number of carbonyl (C=O) groups is 1. The Bertz CT molecular complexity index is 1240. The fourth-order valence-corrected chi connectivity index (χ4v) is 6.87. The summed E-state index contributed by atoms with van der Waals surface area (Å²) in [7, 11) is 0. The van der Waals surface area contributed by atoms with Crippen LogP contribution >= 0.6 is 6.49 Å². The Morgan fingerprint density at radius 2 is 2.34 bits per heavy atom. The van der Waals surface area contributed by atoms with Crippen molar-refractivity contribution in [3.05, 3.63) is 29.3 Å². The summed E-state index contributed by atoms with van der Waals surface area (Å²) in [6.45, 7) is 5.66. The molecule has 12 nitrogen and oxygen atoms in total. The number of nitrogens with one attached hydrogen (secondary N) is 2. The van der Waals surface area contributed by atoms with Gasteiger partial charge in [-0.05, 0) is 18.7 Å². The van der Waals surface area contributed by atoms with Crippen molar-refractivity contribution < 1.29 is 23.7 Å². The number of nitrogens with zero attached hydrogens (tertiary/aromatic N) is 4. The quantitative estimate of drug-likeness (QED) is 0.225. The number of nitriles is 1. The number of rotatable bonds is 11. The first-order valence-electron chi connectivity index (χ1n) is 11.0. The minimum absolute atomic E-state index is 0.0123. The highest BCUT2D eigenvalue weighted by atomic mass is 32.5. The molecule has 14 heteroatoms. The van der Waals surface area contributed by atoms with Gasteiger partial charge in [-0.1, -0.05) is 19.9 Å². The van der Waals surface area contributed by atoms with Crippen molar-refractivity contribution >= 4 is 41.3 Å². The summed E-state index contributed by atoms with van der Waals surface area (Å²) in [6, 6.07) is 2.01. The SMILES string of the molecule is C=CCOP(=S)(OCCC#N)[C@]1(C)CC(n2cnc3c(=O)[nH]c(NC(=O)C(C)C)nc32)OC1CO. The number of aliphatic hydroxyl groups is 1. The van der Waals surface area contributed by atoms with E-state index in [0.717, 1.165) is 0 Å². The Kier molecular flexibility index (Phi) is 8.58. The number of hydrogen-bond donors (Lipinski definition) is 3. The summed E-state index contributed by atoms with van der Waals surface area (Å²) in [5.41, 5.74) is -0.256. The van der Waals surface area contributed by atoms with E-state index >= 15 is 0 Å². The fraction of sp³-hybridized carbons (Fsp3) is 0.571. The molecule has 1 saturated heterocycles. The maximum Gasteiger partial charge on any atom is 0.280 e. The first-order valence-corrected chi connectivity index (χ1v) is 13.6. The van der Waals surface area contributed by atoms with E-state index in [1.54, 1.807) is 24.5 Å². The molecule has 0 spiro atoms. The lowest BCUT2D eigenvalue weighted by Crippen LogP contribution is -2.38. The molecule has 0 aromatic carbocycles. The minimum atomic E-state index is -3.10. The second-order valence-electron chi connectivity index (χ2n) is 8.53. The Labute approximate surface area is 207 Å². The number of aromatic amines is 1. The highest BCUT2D eigenvalue weighted by molar-refractivity contribution is 8.10. The van der Waals surface area contributed by atoms with E-state index in [4.69, 9.17) is 30.9 Å². The zero-order valence-electron chi connectivity index (χ0n) is 19.8. The largest absolute Gasteiger partial charge is 0.394 e. The Morgan fingerprint density at radius 3 is 2.97 bits per heavy atom. The van der Waals surface area contributed by atoms with Gasteiger partial charge >= 0.3 is 0 Å². The molecule has 3 N–H and O–H groups in total. The standard InChI is InChI=1S/C21H29N6O6PS/c1-5-8-31-34(35,32-9-6-7-22)21(4)10-15(33-14(21)11-28)27-12-23-16-17(27)24-20(26-19(16)30)25-18(29)13(2)3/h5,12-15,28H,1,6,8-11H2,2-4H3,(H2,24,25,26,29,30)/t14?,15?,21-,34?/m1/s1. The highest BCUT2D eigenvalue weighted by Gasteiger charge is 2.56. The molecule has 1 aliphatic rings. The topological polar surface area (TPSA) is 164 Å². The van der Waals surface area contributed by atoms with Gasteiger partial charge in [0.25, 0.3) is 5.56 Å². The van der Waals surface area contributed by atoms with Crippen molar-refractivity contribution in [2.75, 3.05) is 25.1 Å². The van der Waals surface area contributed by atoms with Crippen molar-refractivity contribution in [1.29, 1.82) is 5.26 Å². The molecular formula is C21H29N6O6PS. The van der Waals surface area contributed by atoms with Gasteiger partial charge in [-0.25, -0.2) is 4.98 Å². The van der Waals surface area contributed by atoms with Crippen molar-refractivity contribution in [1.82, 2.24) is 19.5 Å². The molecule has 0 saturated carbocycles. The first-order chi connectivity index (χ1) is 16.6. The molecule has 190 valence electrons. The van der Waals surface area contributed by atoms with Gasteiger partial charge in [-0.2, -0.15) is 10.2 Å². The molecule has 3 rings (SSSR count). The van der Waals surface area contributed by atoms with Gasteiger partial charge in [-0.15, -0.1) is 6.58 Å². The summed E-state index contributed by atoms with van der Waals surface area (Å²) in [5, 5.41) is 20.7. The smallest absolute Gasteiger partial charge is 0.280 e. The van der Waals surface area contributed by atoms with Gasteiger partial charge < -0.3 is 18.9 Å². The van der Waals surface area contributed by atoms with Crippen LogP contribution in [0.15, 0.2) is 23.8 Å². The van der Waals surface area contributed by atoms with E-state index in [-0.39, 0.29) is 61.6 Å². The molecular weight excluding hydrogens is 495 g/mol. The summed E-state index contributed by atoms with van der Waals surface area (Å²) in [5.74, 6) is -0.634. The van der Waals surface area contributed by atoms with Crippen molar-refractivity contribution in [3.63, 3.8) is 0 Å². The number of anilines is 1. The van der Waals surface area contributed by atoms with Crippen LogP contribution in [0.2, 0.25) is 0 Å². The van der Waals surface area contributed by atoms with E-state index in [1.807, 2.05) is 13.0 Å². The number of ether oxygens (including phenoxy) is 1. The third-order valence-corrected chi connectivity index (χ3v) is 10.4. The predicted molar refractivity (Wildman–Crippen MR) is 132 cm³/mol. The van der Waals surface area contributed by atoms with Crippen LogP contribution in [0.5, 0.6) is 0 Å². The number of fused-ring (bicyclic) bond motifs is 1. The van der Waals surface area contributed by atoms with Crippen LogP contribution in [-0.4, -0.2) is 61.6 Å². The second-order valence-corrected chi connectivity index (χ2v) is 12.5. The Morgan fingerprint density at radius 1 is 1.60 bits per heavy atom. The number of carbonyl (C=O) groups excluding carboxylic acids is 1. The molecule has 3 unspecified atom stereocenters.